The molecule has 0 aliphatic carbocycles. The molecular formula is C14H21NO3. The van der Waals surface area contributed by atoms with Crippen LogP contribution < -0.4 is 5.32 Å². The minimum atomic E-state index is -0.334. The molecule has 0 fully saturated rings. The highest BCUT2D eigenvalue weighted by atomic mass is 16.5. The molecule has 0 amide bonds. The van der Waals surface area contributed by atoms with Gasteiger partial charge in [-0.05, 0) is 30.5 Å². The third kappa shape index (κ3) is 3.74. The van der Waals surface area contributed by atoms with E-state index in [1.165, 1.54) is 7.11 Å². The average Bonchev–Trinajstić information content (AvgIpc) is 2.35. The number of esters is 1. The first-order valence-electron chi connectivity index (χ1n) is 6.08. The van der Waals surface area contributed by atoms with Gasteiger partial charge in [0.15, 0.2) is 0 Å². The van der Waals surface area contributed by atoms with Crippen molar-refractivity contribution in [1.29, 1.82) is 0 Å². The Morgan fingerprint density at radius 1 is 1.22 bits per heavy atom. The van der Waals surface area contributed by atoms with Crippen molar-refractivity contribution in [3.63, 3.8) is 0 Å². The van der Waals surface area contributed by atoms with Gasteiger partial charge in [-0.1, -0.05) is 26.0 Å². The Bertz CT molecular complexity index is 387. The summed E-state index contributed by atoms with van der Waals surface area (Å²) in [6.45, 7) is 5.92. The zero-order chi connectivity index (χ0) is 13.7. The second-order valence-electron chi connectivity index (χ2n) is 4.72. The topological polar surface area (TPSA) is 58.6 Å². The maximum atomic E-state index is 11.6. The Morgan fingerprint density at radius 2 is 1.78 bits per heavy atom. The van der Waals surface area contributed by atoms with E-state index in [0.29, 0.717) is 0 Å². The van der Waals surface area contributed by atoms with Crippen LogP contribution in [0.4, 0.5) is 0 Å². The monoisotopic (exact) mass is 251 g/mol. The SMILES string of the molecule is COC(=O)[C@H](NC(C)c1ccc(O)cc1)C(C)C. The highest BCUT2D eigenvalue weighted by Gasteiger charge is 2.24. The molecule has 0 aliphatic heterocycles. The molecule has 100 valence electrons. The fourth-order valence-electron chi connectivity index (χ4n) is 1.79. The molecule has 1 unspecified atom stereocenters. The third-order valence-electron chi connectivity index (χ3n) is 2.94. The van der Waals surface area contributed by atoms with Gasteiger partial charge in [-0.15, -0.1) is 0 Å². The Hall–Kier alpha value is -1.55. The Labute approximate surface area is 108 Å². The number of nitrogens with one attached hydrogen (secondary N) is 1. The Morgan fingerprint density at radius 3 is 2.22 bits per heavy atom. The summed E-state index contributed by atoms with van der Waals surface area (Å²) in [6.07, 6.45) is 0. The summed E-state index contributed by atoms with van der Waals surface area (Å²) in [4.78, 5) is 11.6. The average molecular weight is 251 g/mol. The van der Waals surface area contributed by atoms with Gasteiger partial charge in [-0.3, -0.25) is 10.1 Å². The van der Waals surface area contributed by atoms with Crippen LogP contribution in [0, 0.1) is 5.92 Å². The van der Waals surface area contributed by atoms with Crippen LogP contribution in [-0.4, -0.2) is 24.2 Å². The highest BCUT2D eigenvalue weighted by molar-refractivity contribution is 5.76. The Balaban J connectivity index is 2.75. The predicted molar refractivity (Wildman–Crippen MR) is 70.3 cm³/mol. The number of benzene rings is 1. The summed E-state index contributed by atoms with van der Waals surface area (Å²) >= 11 is 0. The third-order valence-corrected chi connectivity index (χ3v) is 2.94. The minimum absolute atomic E-state index is 0.0112. The summed E-state index contributed by atoms with van der Waals surface area (Å²) in [5.41, 5.74) is 1.02. The van der Waals surface area contributed by atoms with Crippen LogP contribution in [0.25, 0.3) is 0 Å². The molecule has 4 nitrogen and oxygen atoms in total. The number of methoxy groups -OCH3 is 1. The van der Waals surface area contributed by atoms with E-state index in [9.17, 15) is 9.90 Å². The normalized spacial score (nSPS) is 14.3. The van der Waals surface area contributed by atoms with Crippen LogP contribution >= 0.6 is 0 Å². The van der Waals surface area contributed by atoms with E-state index in [0.717, 1.165) is 5.56 Å². The lowest BCUT2D eigenvalue weighted by molar-refractivity contribution is -0.144. The van der Waals surface area contributed by atoms with Crippen LogP contribution in [0.3, 0.4) is 0 Å². The molecule has 0 aromatic heterocycles. The van der Waals surface area contributed by atoms with Crippen molar-refractivity contribution < 1.29 is 14.6 Å². The van der Waals surface area contributed by atoms with Crippen molar-refractivity contribution in [3.8, 4) is 5.75 Å². The van der Waals surface area contributed by atoms with Crippen molar-refractivity contribution >= 4 is 5.97 Å². The van der Waals surface area contributed by atoms with Crippen LogP contribution in [0.5, 0.6) is 5.75 Å². The summed E-state index contributed by atoms with van der Waals surface area (Å²) in [5, 5.41) is 12.5. The summed E-state index contributed by atoms with van der Waals surface area (Å²) in [6, 6.07) is 6.62. The molecule has 4 heteroatoms. The Kier molecular flexibility index (Phi) is 5.16. The predicted octanol–water partition coefficient (Wildman–Crippen LogP) is 2.24. The molecule has 0 saturated heterocycles. The number of hydrogen-bond donors (Lipinski definition) is 2. The number of rotatable bonds is 5. The van der Waals surface area contributed by atoms with E-state index in [2.05, 4.69) is 5.32 Å². The first-order valence-corrected chi connectivity index (χ1v) is 6.08. The number of ether oxygens (including phenoxy) is 1. The van der Waals surface area contributed by atoms with E-state index >= 15 is 0 Å². The van der Waals surface area contributed by atoms with Crippen LogP contribution in [0.1, 0.15) is 32.4 Å². The first kappa shape index (κ1) is 14.5. The zero-order valence-corrected chi connectivity index (χ0v) is 11.3. The molecule has 0 radical (unpaired) electrons. The van der Waals surface area contributed by atoms with Gasteiger partial charge >= 0.3 is 5.97 Å². The second kappa shape index (κ2) is 6.40. The summed E-state index contributed by atoms with van der Waals surface area (Å²) in [7, 11) is 1.39. The van der Waals surface area contributed by atoms with E-state index in [4.69, 9.17) is 4.74 Å². The van der Waals surface area contributed by atoms with Crippen molar-refractivity contribution in [3.05, 3.63) is 29.8 Å². The second-order valence-corrected chi connectivity index (χ2v) is 4.72. The fourth-order valence-corrected chi connectivity index (χ4v) is 1.79. The summed E-state index contributed by atoms with van der Waals surface area (Å²) in [5.74, 6) is 0.131. The first-order chi connectivity index (χ1) is 8.45. The molecule has 18 heavy (non-hydrogen) atoms. The van der Waals surface area contributed by atoms with Crippen molar-refractivity contribution in [2.45, 2.75) is 32.9 Å². The van der Waals surface area contributed by atoms with Crippen molar-refractivity contribution in [2.24, 2.45) is 5.92 Å². The quantitative estimate of drug-likeness (QED) is 0.788. The van der Waals surface area contributed by atoms with Crippen LogP contribution in [0.2, 0.25) is 0 Å². The van der Waals surface area contributed by atoms with E-state index in [-0.39, 0.29) is 29.7 Å². The molecular weight excluding hydrogens is 230 g/mol. The number of hydrogen-bond acceptors (Lipinski definition) is 4. The molecule has 0 aliphatic rings. The van der Waals surface area contributed by atoms with E-state index < -0.39 is 0 Å². The number of carbonyl (C=O) groups is 1. The smallest absolute Gasteiger partial charge is 0.323 e. The minimum Gasteiger partial charge on any atom is -0.508 e. The number of phenols is 1. The lowest BCUT2D eigenvalue weighted by Crippen LogP contribution is -2.42. The van der Waals surface area contributed by atoms with Gasteiger partial charge < -0.3 is 9.84 Å². The number of phenolic OH excluding ortho intramolecular Hbond substituents is 1. The van der Waals surface area contributed by atoms with Crippen LogP contribution in [0.15, 0.2) is 24.3 Å². The van der Waals surface area contributed by atoms with Gasteiger partial charge in [-0.2, -0.15) is 0 Å². The molecule has 1 aromatic rings. The molecule has 0 bridgehead atoms. The standard InChI is InChI=1S/C14H21NO3/c1-9(2)13(14(17)18-4)15-10(3)11-5-7-12(16)8-6-11/h5-10,13,15-16H,1-4H3/t10?,13-/m1/s1. The molecule has 1 rings (SSSR count). The van der Waals surface area contributed by atoms with Crippen molar-refractivity contribution in [2.75, 3.05) is 7.11 Å². The van der Waals surface area contributed by atoms with Gasteiger partial charge in [0.25, 0.3) is 0 Å². The van der Waals surface area contributed by atoms with Gasteiger partial charge in [-0.25, -0.2) is 0 Å². The van der Waals surface area contributed by atoms with Crippen LogP contribution in [-0.2, 0) is 9.53 Å². The van der Waals surface area contributed by atoms with E-state index in [1.54, 1.807) is 12.1 Å². The fraction of sp³-hybridized carbons (Fsp3) is 0.500. The van der Waals surface area contributed by atoms with Gasteiger partial charge in [0.1, 0.15) is 11.8 Å². The molecule has 0 saturated carbocycles. The lowest BCUT2D eigenvalue weighted by atomic mass is 10.0. The van der Waals surface area contributed by atoms with E-state index in [1.807, 2.05) is 32.9 Å². The number of aromatic hydroxyl groups is 1. The molecule has 0 heterocycles. The molecule has 2 N–H and O–H groups in total. The molecule has 0 spiro atoms. The molecule has 1 aromatic carbocycles. The highest BCUT2D eigenvalue weighted by Crippen LogP contribution is 2.18. The van der Waals surface area contributed by atoms with Gasteiger partial charge in [0.05, 0.1) is 7.11 Å². The lowest BCUT2D eigenvalue weighted by Gasteiger charge is -2.24. The maximum absolute atomic E-state index is 11.6. The maximum Gasteiger partial charge on any atom is 0.323 e. The summed E-state index contributed by atoms with van der Waals surface area (Å²) < 4.78 is 4.79. The zero-order valence-electron chi connectivity index (χ0n) is 11.3. The van der Waals surface area contributed by atoms with Crippen molar-refractivity contribution in [1.82, 2.24) is 5.32 Å². The largest absolute Gasteiger partial charge is 0.508 e. The van der Waals surface area contributed by atoms with Gasteiger partial charge in [0, 0.05) is 6.04 Å². The molecule has 2 atom stereocenters. The van der Waals surface area contributed by atoms with Gasteiger partial charge in [0.2, 0.25) is 0 Å². The number of carbonyl (C=O) groups excluding carboxylic acids is 1.